The number of nitrogens with two attached hydrogens (primary N) is 1. The van der Waals surface area contributed by atoms with E-state index in [0.29, 0.717) is 185 Å². The predicted octanol–water partition coefficient (Wildman–Crippen LogP) is 10.0. The van der Waals surface area contributed by atoms with E-state index in [4.69, 9.17) is 76.8 Å². The van der Waals surface area contributed by atoms with Crippen molar-refractivity contribution in [2.24, 2.45) is 5.73 Å². The second-order valence-corrected chi connectivity index (χ2v) is 20.7. The molecule has 5 aromatic rings. The Hall–Kier alpha value is -4.70. The molecule has 0 heterocycles. The lowest BCUT2D eigenvalue weighted by atomic mass is 9.70. The molecule has 0 aliphatic heterocycles. The Labute approximate surface area is 500 Å². The van der Waals surface area contributed by atoms with Crippen molar-refractivity contribution in [1.82, 2.24) is 0 Å². The van der Waals surface area contributed by atoms with Gasteiger partial charge in [-0.3, -0.25) is 0 Å². The van der Waals surface area contributed by atoms with Crippen LogP contribution in [0.5, 0.6) is 5.75 Å². The van der Waals surface area contributed by atoms with Crippen LogP contribution in [0.1, 0.15) is 60.8 Å². The molecular weight excluding hydrogens is 1070 g/mol. The van der Waals surface area contributed by atoms with Crippen molar-refractivity contribution in [2.45, 2.75) is 50.4 Å². The van der Waals surface area contributed by atoms with Gasteiger partial charge >= 0.3 is 0 Å². The molecule has 0 spiro atoms. The molecule has 16 heteroatoms. The van der Waals surface area contributed by atoms with Crippen molar-refractivity contribution in [3.63, 3.8) is 0 Å². The van der Waals surface area contributed by atoms with Gasteiger partial charge < -0.3 is 76.8 Å². The van der Waals surface area contributed by atoms with Gasteiger partial charge in [0.1, 0.15) is 5.75 Å². The van der Waals surface area contributed by atoms with Crippen LogP contribution in [0.3, 0.4) is 0 Å². The fraction of sp³-hybridized carbons (Fsp3) is 0.559. The summed E-state index contributed by atoms with van der Waals surface area (Å²) in [6, 6.07) is 38.6. The van der Waals surface area contributed by atoms with Gasteiger partial charge in [0.25, 0.3) is 0 Å². The number of fused-ring (bicyclic) bond motifs is 6. The first kappa shape index (κ1) is 66.8. The molecule has 84 heavy (non-hydrogen) atoms. The molecule has 462 valence electrons. The van der Waals surface area contributed by atoms with Gasteiger partial charge in [-0.25, -0.2) is 0 Å². The monoisotopic (exact) mass is 1170 g/mol. The Balaban J connectivity index is 0.791. The predicted molar refractivity (Wildman–Crippen MR) is 328 cm³/mol. The molecule has 0 saturated carbocycles. The fourth-order valence-electron chi connectivity index (χ4n) is 10.7. The van der Waals surface area contributed by atoms with Gasteiger partial charge in [0.15, 0.2) is 0 Å². The normalized spacial score (nSPS) is 14.0. The lowest BCUT2D eigenvalue weighted by Gasteiger charge is -2.33. The molecule has 7 rings (SSSR count). The van der Waals surface area contributed by atoms with Crippen molar-refractivity contribution in [1.29, 1.82) is 0 Å². The van der Waals surface area contributed by atoms with Gasteiger partial charge in [0, 0.05) is 32.8 Å². The summed E-state index contributed by atoms with van der Waals surface area (Å²) in [6.45, 7) is 15.0. The number of rotatable bonds is 51. The zero-order chi connectivity index (χ0) is 58.4. The van der Waals surface area contributed by atoms with Crippen molar-refractivity contribution in [2.75, 3.05) is 199 Å². The summed E-state index contributed by atoms with van der Waals surface area (Å²) in [4.78, 5) is 0. The standard InChI is InChI=1S/C68H95NO15/c1-70-27-29-72-24-7-21-68(22-8-25-73-31-32-75-35-36-77-39-40-79-43-44-81-47-48-83-50-49-82-46-45-80-42-41-78-38-37-76-34-33-74-30-28-71-2)66-53-57(55-11-16-61(17-12-55)84-26-6-5-23-69)14-19-64(66)65-20-15-58(54-67(65)68)56-13-18-63-60(51-56)52-59-9-3-4-10-62(59)63/h3-4,9-20,51,53-54H,5-8,21-50,52,69H2,1-2H3. The van der Waals surface area contributed by atoms with Crippen molar-refractivity contribution < 1.29 is 71.1 Å². The molecule has 2 N–H and O–H groups in total. The van der Waals surface area contributed by atoms with Gasteiger partial charge in [-0.15, -0.1) is 0 Å². The summed E-state index contributed by atoms with van der Waals surface area (Å²) in [6.07, 6.45) is 6.48. The molecule has 0 bridgehead atoms. The van der Waals surface area contributed by atoms with Crippen molar-refractivity contribution in [3.05, 3.63) is 125 Å². The summed E-state index contributed by atoms with van der Waals surface area (Å²) < 4.78 is 84.5. The van der Waals surface area contributed by atoms with Crippen LogP contribution in [0.2, 0.25) is 0 Å². The number of ether oxygens (including phenoxy) is 15. The molecule has 0 saturated heterocycles. The van der Waals surface area contributed by atoms with Gasteiger partial charge in [-0.1, -0.05) is 78.9 Å². The SMILES string of the molecule is COCCOCCCC1(CCCOCCOCCOCCOCCOCCOCCOCCOCCOCCOCCOCCOC)c2cc(-c3ccc(OCCCCN)cc3)ccc2-c2ccc(-c3ccc4c(c3)Cc3ccccc3-4)cc21. The molecule has 0 radical (unpaired) electrons. The molecule has 16 nitrogen and oxygen atoms in total. The minimum absolute atomic E-state index is 0.270. The molecule has 0 fully saturated rings. The van der Waals surface area contributed by atoms with E-state index < -0.39 is 0 Å². The van der Waals surface area contributed by atoms with E-state index in [2.05, 4.69) is 103 Å². The highest BCUT2D eigenvalue weighted by molar-refractivity contribution is 5.87. The van der Waals surface area contributed by atoms with Crippen LogP contribution >= 0.6 is 0 Å². The van der Waals surface area contributed by atoms with Crippen molar-refractivity contribution in [3.8, 4) is 50.3 Å². The molecular formula is C68H95NO15. The van der Waals surface area contributed by atoms with Crippen LogP contribution in [0, 0.1) is 0 Å². The second-order valence-electron chi connectivity index (χ2n) is 20.7. The largest absolute Gasteiger partial charge is 0.494 e. The molecule has 5 aromatic carbocycles. The number of hydrogen-bond acceptors (Lipinski definition) is 16. The van der Waals surface area contributed by atoms with Gasteiger partial charge in [0.05, 0.1) is 165 Å². The average molecular weight is 1170 g/mol. The lowest BCUT2D eigenvalue weighted by molar-refractivity contribution is -0.0280. The van der Waals surface area contributed by atoms with E-state index in [1.54, 1.807) is 14.2 Å². The third-order valence-corrected chi connectivity index (χ3v) is 14.9. The minimum atomic E-state index is -0.270. The second kappa shape index (κ2) is 40.6. The first-order chi connectivity index (χ1) is 41.6. The topological polar surface area (TPSA) is 164 Å². The first-order valence-corrected chi connectivity index (χ1v) is 30.5. The van der Waals surface area contributed by atoms with Crippen LogP contribution < -0.4 is 10.5 Å². The maximum absolute atomic E-state index is 6.28. The summed E-state index contributed by atoms with van der Waals surface area (Å²) in [5, 5.41) is 0. The highest BCUT2D eigenvalue weighted by Crippen LogP contribution is 2.55. The Morgan fingerprint density at radius 1 is 0.321 bits per heavy atom. The minimum Gasteiger partial charge on any atom is -0.494 e. The van der Waals surface area contributed by atoms with E-state index in [9.17, 15) is 0 Å². The van der Waals surface area contributed by atoms with Crippen LogP contribution in [-0.2, 0) is 78.2 Å². The molecule has 2 aliphatic rings. The maximum Gasteiger partial charge on any atom is 0.119 e. The highest BCUT2D eigenvalue weighted by Gasteiger charge is 2.43. The van der Waals surface area contributed by atoms with Crippen LogP contribution in [0.25, 0.3) is 44.5 Å². The van der Waals surface area contributed by atoms with Gasteiger partial charge in [-0.05, 0) is 143 Å². The fourth-order valence-corrected chi connectivity index (χ4v) is 10.7. The summed E-state index contributed by atoms with van der Waals surface area (Å²) in [5.74, 6) is 0.874. The lowest BCUT2D eigenvalue weighted by Crippen LogP contribution is -2.27. The smallest absolute Gasteiger partial charge is 0.119 e. The zero-order valence-electron chi connectivity index (χ0n) is 50.3. The number of methoxy groups -OCH3 is 2. The van der Waals surface area contributed by atoms with E-state index in [1.165, 1.54) is 61.2 Å². The van der Waals surface area contributed by atoms with E-state index >= 15 is 0 Å². The van der Waals surface area contributed by atoms with Crippen molar-refractivity contribution >= 4 is 0 Å². The number of unbranched alkanes of at least 4 members (excludes halogenated alkanes) is 1. The van der Waals surface area contributed by atoms with Crippen LogP contribution in [-0.4, -0.2) is 199 Å². The highest BCUT2D eigenvalue weighted by atomic mass is 16.6. The molecule has 0 aromatic heterocycles. The molecule has 0 amide bonds. The van der Waals surface area contributed by atoms with E-state index in [1.807, 2.05) is 0 Å². The van der Waals surface area contributed by atoms with Gasteiger partial charge in [-0.2, -0.15) is 0 Å². The third kappa shape index (κ3) is 22.5. The Morgan fingerprint density at radius 2 is 0.679 bits per heavy atom. The van der Waals surface area contributed by atoms with E-state index in [-0.39, 0.29) is 5.41 Å². The first-order valence-electron chi connectivity index (χ1n) is 30.5. The Bertz CT molecular complexity index is 2550. The summed E-state index contributed by atoms with van der Waals surface area (Å²) in [7, 11) is 3.37. The summed E-state index contributed by atoms with van der Waals surface area (Å²) >= 11 is 0. The third-order valence-electron chi connectivity index (χ3n) is 14.9. The van der Waals surface area contributed by atoms with Crippen LogP contribution in [0.15, 0.2) is 103 Å². The Kier molecular flexibility index (Phi) is 32.3. The molecule has 1 atom stereocenters. The molecule has 1 unspecified atom stereocenters. The number of benzene rings is 5. The summed E-state index contributed by atoms with van der Waals surface area (Å²) in [5.41, 5.74) is 21.1. The van der Waals surface area contributed by atoms with E-state index in [0.717, 1.165) is 56.3 Å². The Morgan fingerprint density at radius 3 is 1.11 bits per heavy atom. The quantitative estimate of drug-likeness (QED) is 0.0359. The molecule has 2 aliphatic carbocycles. The zero-order valence-corrected chi connectivity index (χ0v) is 50.3. The number of hydrogen-bond donors (Lipinski definition) is 1. The van der Waals surface area contributed by atoms with Gasteiger partial charge in [0.2, 0.25) is 0 Å². The van der Waals surface area contributed by atoms with Crippen LogP contribution in [0.4, 0.5) is 0 Å². The average Bonchev–Trinajstić information content (AvgIpc) is 2.10. The maximum atomic E-state index is 6.28.